The fraction of sp³-hybridized carbons (Fsp3) is 0.333. The zero-order valence-corrected chi connectivity index (χ0v) is 13.4. The van der Waals surface area contributed by atoms with Crippen molar-refractivity contribution in [3.8, 4) is 17.6 Å². The van der Waals surface area contributed by atoms with Crippen molar-refractivity contribution in [3.63, 3.8) is 0 Å². The van der Waals surface area contributed by atoms with Crippen LogP contribution >= 0.6 is 11.6 Å². The molecule has 1 rings (SSSR count). The van der Waals surface area contributed by atoms with E-state index >= 15 is 0 Å². The van der Waals surface area contributed by atoms with E-state index in [1.807, 2.05) is 0 Å². The summed E-state index contributed by atoms with van der Waals surface area (Å²) in [6.07, 6.45) is 0.824. The molecule has 5 nitrogen and oxygen atoms in total. The molecular formula is C15H14ClF2NO4. The number of hydrogen-bond acceptors (Lipinski definition) is 5. The van der Waals surface area contributed by atoms with Gasteiger partial charge in [-0.3, -0.25) is 0 Å². The number of carbonyl (C=O) groups is 1. The maximum absolute atomic E-state index is 12.4. The van der Waals surface area contributed by atoms with E-state index in [4.69, 9.17) is 26.3 Å². The highest BCUT2D eigenvalue weighted by Gasteiger charge is 2.17. The van der Waals surface area contributed by atoms with Gasteiger partial charge in [0.15, 0.2) is 11.5 Å². The number of benzene rings is 1. The third-order valence-corrected chi connectivity index (χ3v) is 2.73. The normalized spacial score (nSPS) is 11.3. The Labute approximate surface area is 137 Å². The van der Waals surface area contributed by atoms with Crippen LogP contribution in [0.2, 0.25) is 5.02 Å². The summed E-state index contributed by atoms with van der Waals surface area (Å²) in [4.78, 5) is 11.7. The largest absolute Gasteiger partial charge is 0.493 e. The second-order valence-electron chi connectivity index (χ2n) is 4.54. The van der Waals surface area contributed by atoms with Crippen LogP contribution in [0.4, 0.5) is 8.78 Å². The van der Waals surface area contributed by atoms with Crippen LogP contribution in [0.1, 0.15) is 19.4 Å². The Hall–Kier alpha value is -2.33. The Balaban J connectivity index is 3.23. The molecule has 0 aliphatic heterocycles. The maximum atomic E-state index is 12.4. The molecule has 0 heterocycles. The predicted octanol–water partition coefficient (Wildman–Crippen LogP) is 3.81. The summed E-state index contributed by atoms with van der Waals surface area (Å²) in [7, 11) is 1.25. The van der Waals surface area contributed by atoms with Crippen LogP contribution in [0.15, 0.2) is 17.7 Å². The Bertz CT molecular complexity index is 654. The van der Waals surface area contributed by atoms with Gasteiger partial charge in [-0.1, -0.05) is 11.6 Å². The molecule has 1 aromatic rings. The summed E-state index contributed by atoms with van der Waals surface area (Å²) < 4.78 is 38.9. The molecule has 0 bridgehead atoms. The van der Waals surface area contributed by atoms with Gasteiger partial charge in [0.05, 0.1) is 18.2 Å². The number of esters is 1. The van der Waals surface area contributed by atoms with Gasteiger partial charge in [-0.15, -0.1) is 0 Å². The maximum Gasteiger partial charge on any atom is 0.387 e. The van der Waals surface area contributed by atoms with Crippen LogP contribution < -0.4 is 9.47 Å². The van der Waals surface area contributed by atoms with Crippen molar-refractivity contribution in [1.29, 1.82) is 5.26 Å². The summed E-state index contributed by atoms with van der Waals surface area (Å²) in [6.45, 7) is 0.213. The summed E-state index contributed by atoms with van der Waals surface area (Å²) in [5, 5.41) is 8.89. The van der Waals surface area contributed by atoms with Crippen molar-refractivity contribution in [1.82, 2.24) is 0 Å². The van der Waals surface area contributed by atoms with Crippen LogP contribution in [0.3, 0.4) is 0 Å². The zero-order valence-electron chi connectivity index (χ0n) is 12.6. The van der Waals surface area contributed by atoms with E-state index in [9.17, 15) is 13.6 Å². The standard InChI is InChI=1S/C15H14ClF2NO4/c1-8(2)22-14(20)10(7-19)4-9-5-11(16)13(23-15(17)18)12(6-9)21-3/h4-6,8,15H,1-3H3/b10-4+. The second kappa shape index (κ2) is 8.34. The monoisotopic (exact) mass is 345 g/mol. The van der Waals surface area contributed by atoms with Gasteiger partial charge in [0, 0.05) is 0 Å². The van der Waals surface area contributed by atoms with E-state index in [-0.39, 0.29) is 28.2 Å². The first-order valence-corrected chi connectivity index (χ1v) is 6.81. The number of nitriles is 1. The molecule has 0 saturated heterocycles. The first-order valence-electron chi connectivity index (χ1n) is 6.43. The highest BCUT2D eigenvalue weighted by Crippen LogP contribution is 2.38. The average Bonchev–Trinajstić information content (AvgIpc) is 2.45. The van der Waals surface area contributed by atoms with Crippen LogP contribution in [-0.2, 0) is 9.53 Å². The van der Waals surface area contributed by atoms with Crippen LogP contribution in [0, 0.1) is 11.3 Å². The molecule has 0 aromatic heterocycles. The van der Waals surface area contributed by atoms with E-state index in [1.165, 1.54) is 25.3 Å². The molecule has 1 aromatic carbocycles. The fourth-order valence-corrected chi connectivity index (χ4v) is 1.87. The highest BCUT2D eigenvalue weighted by atomic mass is 35.5. The van der Waals surface area contributed by atoms with Gasteiger partial charge in [-0.2, -0.15) is 14.0 Å². The molecule has 0 spiro atoms. The Morgan fingerprint density at radius 2 is 2.04 bits per heavy atom. The Kier molecular flexibility index (Phi) is 6.79. The number of alkyl halides is 2. The lowest BCUT2D eigenvalue weighted by Crippen LogP contribution is -2.12. The molecule has 0 N–H and O–H groups in total. The van der Waals surface area contributed by atoms with E-state index in [0.717, 1.165) is 0 Å². The second-order valence-corrected chi connectivity index (χ2v) is 4.94. The number of carbonyl (C=O) groups excluding carboxylic acids is 1. The summed E-state index contributed by atoms with van der Waals surface area (Å²) in [5.74, 6) is -1.19. The lowest BCUT2D eigenvalue weighted by Gasteiger charge is -2.12. The van der Waals surface area contributed by atoms with E-state index in [0.29, 0.717) is 5.56 Å². The van der Waals surface area contributed by atoms with E-state index in [1.54, 1.807) is 19.9 Å². The minimum absolute atomic E-state index is 0.0569. The first kappa shape index (κ1) is 18.7. The quantitative estimate of drug-likeness (QED) is 0.445. The van der Waals surface area contributed by atoms with Gasteiger partial charge in [-0.05, 0) is 37.6 Å². The van der Waals surface area contributed by atoms with Crippen molar-refractivity contribution < 1.29 is 27.8 Å². The number of methoxy groups -OCH3 is 1. The van der Waals surface area contributed by atoms with Gasteiger partial charge in [0.25, 0.3) is 0 Å². The minimum atomic E-state index is -3.07. The topological polar surface area (TPSA) is 68.5 Å². The molecule has 0 unspecified atom stereocenters. The number of nitrogens with zero attached hydrogens (tertiary/aromatic N) is 1. The predicted molar refractivity (Wildman–Crippen MR) is 79.5 cm³/mol. The van der Waals surface area contributed by atoms with Crippen LogP contribution in [-0.4, -0.2) is 25.8 Å². The van der Waals surface area contributed by atoms with Crippen LogP contribution in [0.25, 0.3) is 6.08 Å². The molecule has 0 saturated carbocycles. The molecule has 0 aliphatic carbocycles. The Morgan fingerprint density at radius 3 is 2.52 bits per heavy atom. The molecule has 0 radical (unpaired) electrons. The van der Waals surface area contributed by atoms with Gasteiger partial charge >= 0.3 is 12.6 Å². The summed E-state index contributed by atoms with van der Waals surface area (Å²) >= 11 is 5.88. The zero-order chi connectivity index (χ0) is 17.6. The highest BCUT2D eigenvalue weighted by molar-refractivity contribution is 6.32. The number of ether oxygens (including phenoxy) is 3. The molecule has 0 fully saturated rings. The third-order valence-electron chi connectivity index (χ3n) is 2.45. The smallest absolute Gasteiger partial charge is 0.387 e. The number of hydrogen-bond donors (Lipinski definition) is 0. The van der Waals surface area contributed by atoms with Crippen molar-refractivity contribution >= 4 is 23.6 Å². The van der Waals surface area contributed by atoms with Gasteiger partial charge < -0.3 is 14.2 Å². The Morgan fingerprint density at radius 1 is 1.39 bits per heavy atom. The summed E-state index contributed by atoms with van der Waals surface area (Å²) in [6, 6.07) is 4.29. The van der Waals surface area contributed by atoms with Gasteiger partial charge in [0.1, 0.15) is 11.6 Å². The fourth-order valence-electron chi connectivity index (χ4n) is 1.61. The van der Waals surface area contributed by atoms with Crippen LogP contribution in [0.5, 0.6) is 11.5 Å². The molecule has 124 valence electrons. The lowest BCUT2D eigenvalue weighted by molar-refractivity contribution is -0.142. The molecule has 0 aliphatic rings. The molecule has 23 heavy (non-hydrogen) atoms. The minimum Gasteiger partial charge on any atom is -0.493 e. The first-order chi connectivity index (χ1) is 10.8. The van der Waals surface area contributed by atoms with Crippen molar-refractivity contribution in [2.24, 2.45) is 0 Å². The molecule has 8 heteroatoms. The molecular weight excluding hydrogens is 332 g/mol. The van der Waals surface area contributed by atoms with Crippen molar-refractivity contribution in [2.45, 2.75) is 26.6 Å². The lowest BCUT2D eigenvalue weighted by atomic mass is 10.1. The molecule has 0 amide bonds. The van der Waals surface area contributed by atoms with Gasteiger partial charge in [0.2, 0.25) is 0 Å². The SMILES string of the molecule is COc1cc(/C=C(\C#N)C(=O)OC(C)C)cc(Cl)c1OC(F)F. The third kappa shape index (κ3) is 5.42. The van der Waals surface area contributed by atoms with Crippen molar-refractivity contribution in [2.75, 3.05) is 7.11 Å². The summed E-state index contributed by atoms with van der Waals surface area (Å²) in [5.41, 5.74) is 0.0325. The van der Waals surface area contributed by atoms with Crippen molar-refractivity contribution in [3.05, 3.63) is 28.3 Å². The number of halogens is 3. The average molecular weight is 346 g/mol. The molecule has 0 atom stereocenters. The van der Waals surface area contributed by atoms with Gasteiger partial charge in [-0.25, -0.2) is 4.79 Å². The number of rotatable bonds is 6. The van der Waals surface area contributed by atoms with E-state index in [2.05, 4.69) is 4.74 Å². The van der Waals surface area contributed by atoms with E-state index < -0.39 is 12.6 Å².